The van der Waals surface area contributed by atoms with Gasteiger partial charge in [0.05, 0.1) is 6.54 Å². The molecule has 23 heavy (non-hydrogen) atoms. The monoisotopic (exact) mass is 337 g/mol. The highest BCUT2D eigenvalue weighted by molar-refractivity contribution is 6.31. The Morgan fingerprint density at radius 3 is 2.43 bits per heavy atom. The predicted octanol–water partition coefficient (Wildman–Crippen LogP) is 1.76. The zero-order valence-electron chi connectivity index (χ0n) is 13.7. The van der Waals surface area contributed by atoms with E-state index < -0.39 is 0 Å². The summed E-state index contributed by atoms with van der Waals surface area (Å²) >= 11 is 6.07. The Labute approximate surface area is 142 Å². The second kappa shape index (κ2) is 8.31. The van der Waals surface area contributed by atoms with Gasteiger partial charge in [-0.05, 0) is 11.6 Å². The van der Waals surface area contributed by atoms with Crippen LogP contribution in [0.1, 0.15) is 19.4 Å². The van der Waals surface area contributed by atoms with Crippen LogP contribution in [0.25, 0.3) is 0 Å². The summed E-state index contributed by atoms with van der Waals surface area (Å²) in [6.45, 7) is 7.46. The van der Waals surface area contributed by atoms with E-state index in [9.17, 15) is 9.59 Å². The molecule has 1 fully saturated rings. The summed E-state index contributed by atoms with van der Waals surface area (Å²) in [6, 6.07) is 7.48. The molecule has 2 amide bonds. The first-order valence-corrected chi connectivity index (χ1v) is 8.36. The van der Waals surface area contributed by atoms with Gasteiger partial charge in [0.25, 0.3) is 0 Å². The second-order valence-electron chi connectivity index (χ2n) is 6.12. The maximum atomic E-state index is 12.0. The molecule has 1 N–H and O–H groups in total. The minimum absolute atomic E-state index is 0.0199. The Kier molecular flexibility index (Phi) is 6.42. The fraction of sp³-hybridized carbons (Fsp3) is 0.529. The number of nitrogens with zero attached hydrogens (tertiary/aromatic N) is 2. The van der Waals surface area contributed by atoms with Gasteiger partial charge in [0, 0.05) is 43.7 Å². The first kappa shape index (κ1) is 17.8. The van der Waals surface area contributed by atoms with Crippen LogP contribution in [0, 0.1) is 5.92 Å². The lowest BCUT2D eigenvalue weighted by atomic mass is 10.1. The smallest absolute Gasteiger partial charge is 0.234 e. The average molecular weight is 338 g/mol. The van der Waals surface area contributed by atoms with E-state index in [1.54, 1.807) is 0 Å². The number of piperazine rings is 1. The first-order chi connectivity index (χ1) is 11.0. The van der Waals surface area contributed by atoms with Crippen LogP contribution in [0.3, 0.4) is 0 Å². The van der Waals surface area contributed by atoms with Crippen molar-refractivity contribution < 1.29 is 9.59 Å². The van der Waals surface area contributed by atoms with E-state index >= 15 is 0 Å². The van der Waals surface area contributed by atoms with Crippen LogP contribution in [-0.2, 0) is 16.1 Å². The predicted molar refractivity (Wildman–Crippen MR) is 91.2 cm³/mol. The van der Waals surface area contributed by atoms with E-state index in [2.05, 4.69) is 10.2 Å². The molecule has 1 aliphatic rings. The topological polar surface area (TPSA) is 52.7 Å². The van der Waals surface area contributed by atoms with Crippen molar-refractivity contribution in [2.24, 2.45) is 5.92 Å². The van der Waals surface area contributed by atoms with Crippen LogP contribution < -0.4 is 5.32 Å². The highest BCUT2D eigenvalue weighted by Crippen LogP contribution is 2.14. The molecule has 0 atom stereocenters. The second-order valence-corrected chi connectivity index (χ2v) is 6.53. The van der Waals surface area contributed by atoms with E-state index in [4.69, 9.17) is 11.6 Å². The molecule has 6 heteroatoms. The highest BCUT2D eigenvalue weighted by atomic mass is 35.5. The van der Waals surface area contributed by atoms with Crippen molar-refractivity contribution in [3.05, 3.63) is 34.9 Å². The number of carbonyl (C=O) groups excluding carboxylic acids is 2. The number of rotatable bonds is 5. The fourth-order valence-electron chi connectivity index (χ4n) is 2.59. The molecule has 126 valence electrons. The Morgan fingerprint density at radius 1 is 1.17 bits per heavy atom. The molecule has 0 unspecified atom stereocenters. The molecule has 0 bridgehead atoms. The number of halogens is 1. The van der Waals surface area contributed by atoms with Gasteiger partial charge in [0.1, 0.15) is 0 Å². The number of carbonyl (C=O) groups is 2. The third-order valence-electron chi connectivity index (χ3n) is 3.98. The van der Waals surface area contributed by atoms with E-state index in [-0.39, 0.29) is 17.7 Å². The van der Waals surface area contributed by atoms with Gasteiger partial charge in [-0.1, -0.05) is 43.6 Å². The van der Waals surface area contributed by atoms with Crippen molar-refractivity contribution in [1.29, 1.82) is 0 Å². The van der Waals surface area contributed by atoms with E-state index in [0.717, 1.165) is 18.7 Å². The summed E-state index contributed by atoms with van der Waals surface area (Å²) in [4.78, 5) is 27.9. The number of benzene rings is 1. The molecule has 1 saturated heterocycles. The summed E-state index contributed by atoms with van der Waals surface area (Å²) in [5, 5.41) is 3.55. The minimum Gasteiger partial charge on any atom is -0.351 e. The Balaban J connectivity index is 1.73. The van der Waals surface area contributed by atoms with E-state index in [0.29, 0.717) is 31.2 Å². The molecule has 0 radical (unpaired) electrons. The van der Waals surface area contributed by atoms with Crippen molar-refractivity contribution in [3.8, 4) is 0 Å². The summed E-state index contributed by atoms with van der Waals surface area (Å²) in [7, 11) is 0. The van der Waals surface area contributed by atoms with Gasteiger partial charge in [-0.3, -0.25) is 14.5 Å². The standard InChI is InChI=1S/C17H24ClN3O2/c1-13(2)17(23)21-9-7-20(8-10-21)12-16(22)19-11-14-5-3-4-6-15(14)18/h3-6,13H,7-12H2,1-2H3,(H,19,22). The quantitative estimate of drug-likeness (QED) is 0.890. The van der Waals surface area contributed by atoms with Crippen LogP contribution in [0.5, 0.6) is 0 Å². The molecule has 1 aliphatic heterocycles. The van der Waals surface area contributed by atoms with Gasteiger partial charge >= 0.3 is 0 Å². The molecule has 1 heterocycles. The Bertz CT molecular complexity index is 555. The molecule has 0 aliphatic carbocycles. The molecular weight excluding hydrogens is 314 g/mol. The van der Waals surface area contributed by atoms with Gasteiger partial charge < -0.3 is 10.2 Å². The summed E-state index contributed by atoms with van der Waals surface area (Å²) in [5.74, 6) is 0.196. The lowest BCUT2D eigenvalue weighted by Gasteiger charge is -2.35. The van der Waals surface area contributed by atoms with Crippen molar-refractivity contribution in [2.75, 3.05) is 32.7 Å². The lowest BCUT2D eigenvalue weighted by Crippen LogP contribution is -2.51. The SMILES string of the molecule is CC(C)C(=O)N1CCN(CC(=O)NCc2ccccc2Cl)CC1. The molecule has 0 aromatic heterocycles. The Morgan fingerprint density at radius 2 is 1.83 bits per heavy atom. The van der Waals surface area contributed by atoms with Crippen LogP contribution in [-0.4, -0.2) is 54.3 Å². The van der Waals surface area contributed by atoms with Gasteiger partial charge in [0.2, 0.25) is 11.8 Å². The van der Waals surface area contributed by atoms with E-state index in [1.165, 1.54) is 0 Å². The first-order valence-electron chi connectivity index (χ1n) is 7.98. The van der Waals surface area contributed by atoms with Crippen LogP contribution in [0.15, 0.2) is 24.3 Å². The van der Waals surface area contributed by atoms with Gasteiger partial charge in [-0.25, -0.2) is 0 Å². The highest BCUT2D eigenvalue weighted by Gasteiger charge is 2.23. The van der Waals surface area contributed by atoms with Crippen LogP contribution in [0.4, 0.5) is 0 Å². The molecule has 2 rings (SSSR count). The Hall–Kier alpha value is -1.59. The number of hydrogen-bond acceptors (Lipinski definition) is 3. The number of hydrogen-bond donors (Lipinski definition) is 1. The van der Waals surface area contributed by atoms with Crippen molar-refractivity contribution in [2.45, 2.75) is 20.4 Å². The van der Waals surface area contributed by atoms with Gasteiger partial charge in [-0.2, -0.15) is 0 Å². The zero-order valence-corrected chi connectivity index (χ0v) is 14.5. The van der Waals surface area contributed by atoms with Crippen LogP contribution >= 0.6 is 11.6 Å². The fourth-order valence-corrected chi connectivity index (χ4v) is 2.79. The number of nitrogens with one attached hydrogen (secondary N) is 1. The molecule has 1 aromatic rings. The molecule has 0 saturated carbocycles. The maximum Gasteiger partial charge on any atom is 0.234 e. The maximum absolute atomic E-state index is 12.0. The molecular formula is C17H24ClN3O2. The largest absolute Gasteiger partial charge is 0.351 e. The van der Waals surface area contributed by atoms with Crippen LogP contribution in [0.2, 0.25) is 5.02 Å². The molecule has 1 aromatic carbocycles. The van der Waals surface area contributed by atoms with Gasteiger partial charge in [0.15, 0.2) is 0 Å². The zero-order chi connectivity index (χ0) is 16.8. The van der Waals surface area contributed by atoms with Gasteiger partial charge in [-0.15, -0.1) is 0 Å². The third-order valence-corrected chi connectivity index (χ3v) is 4.35. The minimum atomic E-state index is -0.0199. The van der Waals surface area contributed by atoms with E-state index in [1.807, 2.05) is 43.0 Å². The normalized spacial score (nSPS) is 15.7. The molecule has 5 nitrogen and oxygen atoms in total. The summed E-state index contributed by atoms with van der Waals surface area (Å²) in [5.41, 5.74) is 0.912. The number of amides is 2. The van der Waals surface area contributed by atoms with Crippen molar-refractivity contribution in [3.63, 3.8) is 0 Å². The van der Waals surface area contributed by atoms with Crippen molar-refractivity contribution in [1.82, 2.24) is 15.1 Å². The summed E-state index contributed by atoms with van der Waals surface area (Å²) < 4.78 is 0. The lowest BCUT2D eigenvalue weighted by molar-refractivity contribution is -0.136. The third kappa shape index (κ3) is 5.22. The van der Waals surface area contributed by atoms with Crippen molar-refractivity contribution >= 4 is 23.4 Å². The molecule has 0 spiro atoms. The average Bonchev–Trinajstić information content (AvgIpc) is 2.54. The summed E-state index contributed by atoms with van der Waals surface area (Å²) in [6.07, 6.45) is 0.